The van der Waals surface area contributed by atoms with Crippen LogP contribution in [0.5, 0.6) is 0 Å². The summed E-state index contributed by atoms with van der Waals surface area (Å²) in [5.74, 6) is 0.671. The predicted molar refractivity (Wildman–Crippen MR) is 94.1 cm³/mol. The minimum Gasteiger partial charge on any atom is -0.384 e. The van der Waals surface area contributed by atoms with Crippen molar-refractivity contribution >= 4 is 23.5 Å². The number of nitrogens with one attached hydrogen (secondary N) is 1. The molecule has 3 N–H and O–H groups in total. The smallest absolute Gasteiger partial charge is 0.230 e. The van der Waals surface area contributed by atoms with Crippen molar-refractivity contribution in [3.05, 3.63) is 47.7 Å². The average Bonchev–Trinajstić information content (AvgIpc) is 2.52. The van der Waals surface area contributed by atoms with E-state index >= 15 is 0 Å². The van der Waals surface area contributed by atoms with Crippen LogP contribution in [0.2, 0.25) is 0 Å². The van der Waals surface area contributed by atoms with Crippen LogP contribution in [-0.4, -0.2) is 21.6 Å². The summed E-state index contributed by atoms with van der Waals surface area (Å²) in [6, 6.07) is 11.8. The van der Waals surface area contributed by atoms with Gasteiger partial charge in [-0.1, -0.05) is 55.4 Å². The van der Waals surface area contributed by atoms with E-state index in [1.165, 1.54) is 11.8 Å². The van der Waals surface area contributed by atoms with E-state index in [4.69, 9.17) is 5.73 Å². The number of anilines is 1. The van der Waals surface area contributed by atoms with Gasteiger partial charge in [0.15, 0.2) is 5.16 Å². The van der Waals surface area contributed by atoms with E-state index < -0.39 is 0 Å². The Morgan fingerprint density at radius 1 is 1.30 bits per heavy atom. The van der Waals surface area contributed by atoms with Crippen molar-refractivity contribution in [2.24, 2.45) is 0 Å². The van der Waals surface area contributed by atoms with E-state index in [9.17, 15) is 4.79 Å². The molecule has 0 bridgehead atoms. The summed E-state index contributed by atoms with van der Waals surface area (Å²) < 4.78 is 0. The molecule has 0 radical (unpaired) electrons. The van der Waals surface area contributed by atoms with Gasteiger partial charge in [-0.05, 0) is 18.9 Å². The zero-order chi connectivity index (χ0) is 16.7. The number of aromatic nitrogens is 2. The summed E-state index contributed by atoms with van der Waals surface area (Å²) in [7, 11) is 0. The number of benzene rings is 1. The standard InChI is InChI=1S/C17H22N4OS/c1-3-7-14(13-8-5-4-6-9-13)20-16(22)11-23-17-19-12(2)10-15(18)21-17/h4-6,8-10,14H,3,7,11H2,1-2H3,(H,20,22)(H2,18,19,21). The highest BCUT2D eigenvalue weighted by Gasteiger charge is 2.14. The monoisotopic (exact) mass is 330 g/mol. The molecule has 2 rings (SSSR count). The zero-order valence-corrected chi connectivity index (χ0v) is 14.3. The number of aryl methyl sites for hydroxylation is 1. The molecule has 1 aromatic heterocycles. The fourth-order valence-corrected chi connectivity index (χ4v) is 3.01. The molecule has 0 fully saturated rings. The van der Waals surface area contributed by atoms with E-state index in [0.717, 1.165) is 24.1 Å². The molecule has 6 heteroatoms. The second kappa shape index (κ2) is 8.53. The van der Waals surface area contributed by atoms with Crippen LogP contribution in [-0.2, 0) is 4.79 Å². The molecule has 0 spiro atoms. The number of thioether (sulfide) groups is 1. The van der Waals surface area contributed by atoms with Crippen molar-refractivity contribution in [1.29, 1.82) is 0 Å². The van der Waals surface area contributed by atoms with E-state index in [1.54, 1.807) is 6.07 Å². The van der Waals surface area contributed by atoms with E-state index in [-0.39, 0.29) is 17.7 Å². The largest absolute Gasteiger partial charge is 0.384 e. The number of hydrogen-bond donors (Lipinski definition) is 2. The molecule has 1 unspecified atom stereocenters. The van der Waals surface area contributed by atoms with Gasteiger partial charge < -0.3 is 11.1 Å². The highest BCUT2D eigenvalue weighted by Crippen LogP contribution is 2.19. The fourth-order valence-electron chi connectivity index (χ4n) is 2.29. The SMILES string of the molecule is CCCC(NC(=O)CSc1nc(C)cc(N)n1)c1ccccc1. The number of carbonyl (C=O) groups excluding carboxylic acids is 1. The van der Waals surface area contributed by atoms with Crippen LogP contribution >= 0.6 is 11.8 Å². The van der Waals surface area contributed by atoms with Crippen LogP contribution in [0.1, 0.15) is 37.1 Å². The molecule has 1 aromatic carbocycles. The van der Waals surface area contributed by atoms with E-state index in [1.807, 2.05) is 37.3 Å². The van der Waals surface area contributed by atoms with Gasteiger partial charge in [-0.25, -0.2) is 9.97 Å². The maximum absolute atomic E-state index is 12.2. The maximum atomic E-state index is 12.2. The Bertz CT molecular complexity index is 628. The first-order valence-corrected chi connectivity index (χ1v) is 8.65. The summed E-state index contributed by atoms with van der Waals surface area (Å²) >= 11 is 1.30. The highest BCUT2D eigenvalue weighted by atomic mass is 32.2. The van der Waals surface area contributed by atoms with E-state index in [2.05, 4.69) is 22.2 Å². The quantitative estimate of drug-likeness (QED) is 0.602. The molecule has 1 heterocycles. The normalized spacial score (nSPS) is 11.9. The van der Waals surface area contributed by atoms with Gasteiger partial charge in [0, 0.05) is 11.8 Å². The topological polar surface area (TPSA) is 80.9 Å². The van der Waals surface area contributed by atoms with Gasteiger partial charge >= 0.3 is 0 Å². The number of hydrogen-bond acceptors (Lipinski definition) is 5. The van der Waals surface area contributed by atoms with E-state index in [0.29, 0.717) is 11.0 Å². The Hall–Kier alpha value is -2.08. The van der Waals surface area contributed by atoms with Crippen LogP contribution in [0, 0.1) is 6.92 Å². The van der Waals surface area contributed by atoms with Gasteiger partial charge in [-0.2, -0.15) is 0 Å². The number of amides is 1. The van der Waals surface area contributed by atoms with Gasteiger partial charge in [0.05, 0.1) is 11.8 Å². The predicted octanol–water partition coefficient (Wildman–Crippen LogP) is 3.12. The summed E-state index contributed by atoms with van der Waals surface area (Å²) in [5, 5.41) is 3.62. The second-order valence-electron chi connectivity index (χ2n) is 5.32. The molecule has 5 nitrogen and oxygen atoms in total. The zero-order valence-electron chi connectivity index (χ0n) is 13.5. The van der Waals surface area contributed by atoms with Crippen LogP contribution < -0.4 is 11.1 Å². The molecule has 0 aliphatic carbocycles. The molecule has 0 aliphatic heterocycles. The number of rotatable bonds is 7. The summed E-state index contributed by atoms with van der Waals surface area (Å²) in [6.07, 6.45) is 1.92. The molecule has 1 amide bonds. The molecule has 0 aliphatic rings. The molecule has 23 heavy (non-hydrogen) atoms. The lowest BCUT2D eigenvalue weighted by atomic mass is 10.0. The molecule has 122 valence electrons. The molecule has 2 aromatic rings. The van der Waals surface area contributed by atoms with Crippen molar-refractivity contribution in [1.82, 2.24) is 15.3 Å². The van der Waals surface area contributed by atoms with Gasteiger partial charge in [0.1, 0.15) is 5.82 Å². The lowest BCUT2D eigenvalue weighted by molar-refractivity contribution is -0.119. The van der Waals surface area contributed by atoms with Crippen molar-refractivity contribution in [2.45, 2.75) is 37.9 Å². The number of nitrogens with zero attached hydrogens (tertiary/aromatic N) is 2. The van der Waals surface area contributed by atoms with Crippen LogP contribution in [0.15, 0.2) is 41.6 Å². The third-order valence-electron chi connectivity index (χ3n) is 3.30. The summed E-state index contributed by atoms with van der Waals surface area (Å²) in [4.78, 5) is 20.6. The highest BCUT2D eigenvalue weighted by molar-refractivity contribution is 7.99. The van der Waals surface area contributed by atoms with Crippen LogP contribution in [0.4, 0.5) is 5.82 Å². The minimum atomic E-state index is -0.0269. The minimum absolute atomic E-state index is 0.0269. The molecular weight excluding hydrogens is 308 g/mol. The summed E-state index contributed by atoms with van der Waals surface area (Å²) in [6.45, 7) is 3.97. The van der Waals surface area contributed by atoms with Gasteiger partial charge in [-0.3, -0.25) is 4.79 Å². The van der Waals surface area contributed by atoms with Crippen molar-refractivity contribution < 1.29 is 4.79 Å². The Labute approximate surface area is 141 Å². The number of nitrogen functional groups attached to an aromatic ring is 1. The average molecular weight is 330 g/mol. The van der Waals surface area contributed by atoms with Crippen LogP contribution in [0.25, 0.3) is 0 Å². The van der Waals surface area contributed by atoms with Crippen molar-refractivity contribution in [2.75, 3.05) is 11.5 Å². The molecule has 0 saturated heterocycles. The lowest BCUT2D eigenvalue weighted by Gasteiger charge is -2.18. The third kappa shape index (κ3) is 5.56. The Balaban J connectivity index is 1.94. The first kappa shape index (κ1) is 17.3. The van der Waals surface area contributed by atoms with Gasteiger partial charge in [-0.15, -0.1) is 0 Å². The lowest BCUT2D eigenvalue weighted by Crippen LogP contribution is -2.30. The molecular formula is C17H22N4OS. The van der Waals surface area contributed by atoms with Gasteiger partial charge in [0.25, 0.3) is 0 Å². The third-order valence-corrected chi connectivity index (χ3v) is 4.15. The van der Waals surface area contributed by atoms with Crippen molar-refractivity contribution in [3.8, 4) is 0 Å². The number of carbonyl (C=O) groups is 1. The maximum Gasteiger partial charge on any atom is 0.230 e. The first-order chi connectivity index (χ1) is 11.1. The Morgan fingerprint density at radius 3 is 2.70 bits per heavy atom. The Kier molecular flexibility index (Phi) is 6.40. The fraction of sp³-hybridized carbons (Fsp3) is 0.353. The first-order valence-electron chi connectivity index (χ1n) is 7.66. The number of nitrogens with two attached hydrogens (primary N) is 1. The molecule has 1 atom stereocenters. The summed E-state index contributed by atoms with van der Waals surface area (Å²) in [5.41, 5.74) is 7.63. The molecule has 0 saturated carbocycles. The Morgan fingerprint density at radius 2 is 2.04 bits per heavy atom. The van der Waals surface area contributed by atoms with Gasteiger partial charge in [0.2, 0.25) is 5.91 Å². The van der Waals surface area contributed by atoms with Crippen LogP contribution in [0.3, 0.4) is 0 Å². The second-order valence-corrected chi connectivity index (χ2v) is 6.27. The van der Waals surface area contributed by atoms with Crippen molar-refractivity contribution in [3.63, 3.8) is 0 Å².